The highest BCUT2D eigenvalue weighted by Gasteiger charge is 2.22. The lowest BCUT2D eigenvalue weighted by Gasteiger charge is -2.09. The fraction of sp³-hybridized carbons (Fsp3) is 0. The van der Waals surface area contributed by atoms with E-state index in [1.807, 2.05) is 0 Å². The summed E-state index contributed by atoms with van der Waals surface area (Å²) in [6, 6.07) is 43.4. The van der Waals surface area contributed by atoms with E-state index in [2.05, 4.69) is 130 Å². The number of hydrogen-bond acceptors (Lipinski definition) is 2. The van der Waals surface area contributed by atoms with Crippen LogP contribution in [0.5, 0.6) is 0 Å². The zero-order chi connectivity index (χ0) is 25.9. The van der Waals surface area contributed by atoms with Crippen LogP contribution in [0.4, 0.5) is 0 Å². The number of fused-ring (bicyclic) bond motifs is 11. The van der Waals surface area contributed by atoms with Gasteiger partial charge in [-0.25, -0.2) is 9.97 Å². The molecule has 0 atom stereocenters. The normalized spacial score (nSPS) is 12.5. The van der Waals surface area contributed by atoms with E-state index in [0.717, 1.165) is 38.8 Å². The summed E-state index contributed by atoms with van der Waals surface area (Å²) in [7, 11) is 0. The third-order valence-corrected chi connectivity index (χ3v) is 8.57. The molecule has 0 aliphatic carbocycles. The van der Waals surface area contributed by atoms with E-state index < -0.39 is 0 Å². The topological polar surface area (TPSA) is 35.1 Å². The Kier molecular flexibility index (Phi) is 3.65. The number of para-hydroxylation sites is 3. The molecule has 4 heterocycles. The minimum absolute atomic E-state index is 0.906. The Morgan fingerprint density at radius 1 is 0.450 bits per heavy atom. The Hall–Kier alpha value is -5.48. The van der Waals surface area contributed by atoms with Crippen LogP contribution in [-0.2, 0) is 0 Å². The predicted molar refractivity (Wildman–Crippen MR) is 166 cm³/mol. The first-order valence-electron chi connectivity index (χ1n) is 13.6. The first kappa shape index (κ1) is 20.5. The van der Waals surface area contributed by atoms with Crippen molar-refractivity contribution in [3.8, 4) is 5.69 Å². The largest absolute Gasteiger partial charge is 0.309 e. The van der Waals surface area contributed by atoms with Crippen LogP contribution in [0, 0.1) is 0 Å². The van der Waals surface area contributed by atoms with Gasteiger partial charge in [-0.05, 0) is 53.2 Å². The average molecular weight is 509 g/mol. The average Bonchev–Trinajstić information content (AvgIpc) is 3.63. The Labute approximate surface area is 227 Å². The fourth-order valence-corrected chi connectivity index (χ4v) is 6.88. The van der Waals surface area contributed by atoms with Gasteiger partial charge in [0.1, 0.15) is 5.52 Å². The number of nitrogens with zero attached hydrogens (tertiary/aromatic N) is 4. The molecule has 0 radical (unpaired) electrons. The second kappa shape index (κ2) is 7.13. The van der Waals surface area contributed by atoms with Gasteiger partial charge in [0.25, 0.3) is 0 Å². The molecule has 0 bridgehead atoms. The SMILES string of the molecule is c1ccc2cc3nc4c(nc3cc2c1)c1cc(-n2c3ccccc3c3ccccc32)cc2c3ccccc3n4c21. The third kappa shape index (κ3) is 2.46. The molecule has 4 heteroatoms. The second-order valence-electron chi connectivity index (χ2n) is 10.7. The lowest BCUT2D eigenvalue weighted by atomic mass is 10.1. The van der Waals surface area contributed by atoms with Gasteiger partial charge < -0.3 is 4.57 Å². The van der Waals surface area contributed by atoms with Crippen LogP contribution in [0.25, 0.3) is 87.7 Å². The molecule has 4 nitrogen and oxygen atoms in total. The molecule has 0 aliphatic heterocycles. The van der Waals surface area contributed by atoms with E-state index in [4.69, 9.17) is 9.97 Å². The van der Waals surface area contributed by atoms with Gasteiger partial charge in [0.05, 0.1) is 33.1 Å². The standard InChI is InChI=1S/C36H20N4/c1-2-10-22-18-30-29(17-21(22)9-1)37-34-28-20-23(39-31-14-6-3-11-24(31)25-12-4-7-15-32(25)39)19-27-26-13-5-8-16-33(26)40(35(27)28)36(34)38-30/h1-20H. The lowest BCUT2D eigenvalue weighted by molar-refractivity contribution is 1.19. The van der Waals surface area contributed by atoms with Crippen LogP contribution in [0.3, 0.4) is 0 Å². The Morgan fingerprint density at radius 3 is 1.65 bits per heavy atom. The number of aromatic nitrogens is 4. The number of benzene rings is 6. The zero-order valence-corrected chi connectivity index (χ0v) is 21.3. The van der Waals surface area contributed by atoms with Crippen molar-refractivity contribution in [3.63, 3.8) is 0 Å². The Morgan fingerprint density at radius 2 is 0.975 bits per heavy atom. The zero-order valence-electron chi connectivity index (χ0n) is 21.3. The van der Waals surface area contributed by atoms with E-state index in [-0.39, 0.29) is 0 Å². The maximum Gasteiger partial charge on any atom is 0.165 e. The summed E-state index contributed by atoms with van der Waals surface area (Å²) in [6.07, 6.45) is 0. The molecule has 40 heavy (non-hydrogen) atoms. The van der Waals surface area contributed by atoms with Crippen molar-refractivity contribution < 1.29 is 0 Å². The van der Waals surface area contributed by atoms with Gasteiger partial charge >= 0.3 is 0 Å². The number of hydrogen-bond donors (Lipinski definition) is 0. The highest BCUT2D eigenvalue weighted by atomic mass is 15.0. The van der Waals surface area contributed by atoms with Crippen LogP contribution in [0.15, 0.2) is 121 Å². The molecular weight excluding hydrogens is 488 g/mol. The molecule has 0 N–H and O–H groups in total. The summed E-state index contributed by atoms with van der Waals surface area (Å²) in [5, 5.41) is 8.45. The van der Waals surface area contributed by atoms with Gasteiger partial charge in [0, 0.05) is 32.6 Å². The van der Waals surface area contributed by atoms with E-state index in [0.29, 0.717) is 0 Å². The minimum atomic E-state index is 0.906. The molecule has 4 aromatic heterocycles. The number of rotatable bonds is 1. The summed E-state index contributed by atoms with van der Waals surface area (Å²) >= 11 is 0. The summed E-state index contributed by atoms with van der Waals surface area (Å²) < 4.78 is 4.71. The second-order valence-corrected chi connectivity index (χ2v) is 10.7. The van der Waals surface area contributed by atoms with Gasteiger partial charge in [-0.1, -0.05) is 78.9 Å². The molecule has 0 spiro atoms. The molecule has 0 saturated carbocycles. The van der Waals surface area contributed by atoms with Crippen LogP contribution < -0.4 is 0 Å². The van der Waals surface area contributed by atoms with Crippen molar-refractivity contribution in [2.45, 2.75) is 0 Å². The maximum atomic E-state index is 5.28. The van der Waals surface area contributed by atoms with Crippen LogP contribution in [0.2, 0.25) is 0 Å². The first-order chi connectivity index (χ1) is 19.8. The first-order valence-corrected chi connectivity index (χ1v) is 13.6. The predicted octanol–water partition coefficient (Wildman–Crippen LogP) is 9.03. The van der Waals surface area contributed by atoms with Crippen molar-refractivity contribution >= 4 is 82.0 Å². The molecular formula is C36H20N4. The van der Waals surface area contributed by atoms with Gasteiger partial charge in [-0.15, -0.1) is 0 Å². The molecule has 0 aliphatic rings. The monoisotopic (exact) mass is 508 g/mol. The molecule has 10 rings (SSSR count). The summed E-state index contributed by atoms with van der Waals surface area (Å²) in [4.78, 5) is 10.5. The van der Waals surface area contributed by atoms with E-state index >= 15 is 0 Å². The molecule has 184 valence electrons. The molecule has 0 amide bonds. The quantitative estimate of drug-likeness (QED) is 0.207. The Balaban J connectivity index is 1.42. The van der Waals surface area contributed by atoms with Crippen molar-refractivity contribution in [2.75, 3.05) is 0 Å². The summed E-state index contributed by atoms with van der Waals surface area (Å²) in [5.74, 6) is 0. The fourth-order valence-electron chi connectivity index (χ4n) is 6.88. The highest BCUT2D eigenvalue weighted by Crippen LogP contribution is 2.41. The maximum absolute atomic E-state index is 5.28. The van der Waals surface area contributed by atoms with Gasteiger partial charge in [0.2, 0.25) is 0 Å². The summed E-state index contributed by atoms with van der Waals surface area (Å²) in [6.45, 7) is 0. The van der Waals surface area contributed by atoms with Crippen molar-refractivity contribution in [2.24, 2.45) is 0 Å². The molecule has 6 aromatic carbocycles. The third-order valence-electron chi connectivity index (χ3n) is 8.57. The van der Waals surface area contributed by atoms with Crippen molar-refractivity contribution in [3.05, 3.63) is 121 Å². The van der Waals surface area contributed by atoms with E-state index in [1.54, 1.807) is 0 Å². The van der Waals surface area contributed by atoms with Crippen molar-refractivity contribution in [1.82, 2.24) is 18.9 Å². The minimum Gasteiger partial charge on any atom is -0.309 e. The van der Waals surface area contributed by atoms with E-state index in [9.17, 15) is 0 Å². The smallest absolute Gasteiger partial charge is 0.165 e. The van der Waals surface area contributed by atoms with Crippen molar-refractivity contribution in [1.29, 1.82) is 0 Å². The lowest BCUT2D eigenvalue weighted by Crippen LogP contribution is -1.94. The molecule has 0 unspecified atom stereocenters. The molecule has 0 fully saturated rings. The molecule has 10 aromatic rings. The van der Waals surface area contributed by atoms with E-state index in [1.165, 1.54) is 48.9 Å². The van der Waals surface area contributed by atoms with Gasteiger partial charge in [-0.2, -0.15) is 0 Å². The Bertz CT molecular complexity index is 2600. The van der Waals surface area contributed by atoms with Crippen LogP contribution in [-0.4, -0.2) is 18.9 Å². The van der Waals surface area contributed by atoms with Gasteiger partial charge in [-0.3, -0.25) is 4.40 Å². The highest BCUT2D eigenvalue weighted by molar-refractivity contribution is 6.23. The molecule has 0 saturated heterocycles. The van der Waals surface area contributed by atoms with Crippen LogP contribution >= 0.6 is 0 Å². The van der Waals surface area contributed by atoms with Crippen LogP contribution in [0.1, 0.15) is 0 Å². The summed E-state index contributed by atoms with van der Waals surface area (Å²) in [5.41, 5.74) is 9.56. The van der Waals surface area contributed by atoms with Gasteiger partial charge in [0.15, 0.2) is 5.65 Å².